The number of rotatable bonds is 2. The highest BCUT2D eigenvalue weighted by molar-refractivity contribution is 6.09. The summed E-state index contributed by atoms with van der Waals surface area (Å²) in [5.41, 5.74) is 4.33. The summed E-state index contributed by atoms with van der Waals surface area (Å²) >= 11 is 0. The van der Waals surface area contributed by atoms with Gasteiger partial charge in [0.25, 0.3) is 0 Å². The molecule has 5 heteroatoms. The fraction of sp³-hybridized carbons (Fsp3) is 0.368. The van der Waals surface area contributed by atoms with Crippen LogP contribution in [0.3, 0.4) is 0 Å². The average Bonchev–Trinajstić information content (AvgIpc) is 2.88. The number of ether oxygens (including phenoxy) is 1. The molecule has 2 heterocycles. The molecule has 3 aromatic rings. The third-order valence-electron chi connectivity index (χ3n) is 4.81. The molecule has 1 aliphatic carbocycles. The minimum absolute atomic E-state index is 0.249. The lowest BCUT2D eigenvalue weighted by Gasteiger charge is -2.16. The maximum absolute atomic E-state index is 12.3. The number of carbonyl (C=O) groups is 1. The van der Waals surface area contributed by atoms with Crippen LogP contribution in [0.2, 0.25) is 0 Å². The Bertz CT molecular complexity index is 1030. The smallest absolute Gasteiger partial charge is 0.340 e. The van der Waals surface area contributed by atoms with E-state index in [4.69, 9.17) is 9.15 Å². The molecule has 124 valence electrons. The number of hydrogen-bond acceptors (Lipinski definition) is 4. The summed E-state index contributed by atoms with van der Waals surface area (Å²) < 4.78 is 10.7. The molecule has 0 aliphatic heterocycles. The zero-order valence-electron chi connectivity index (χ0n) is 13.8. The number of nitrogens with one attached hydrogen (secondary N) is 1. The number of H-pyrrole nitrogens is 1. The van der Waals surface area contributed by atoms with Gasteiger partial charge < -0.3 is 14.1 Å². The van der Waals surface area contributed by atoms with Gasteiger partial charge in [-0.05, 0) is 57.2 Å². The van der Waals surface area contributed by atoms with Crippen molar-refractivity contribution in [3.05, 3.63) is 44.9 Å². The Hall–Kier alpha value is -2.56. The van der Waals surface area contributed by atoms with Crippen molar-refractivity contribution in [2.45, 2.75) is 39.5 Å². The van der Waals surface area contributed by atoms with Crippen LogP contribution in [0.1, 0.15) is 46.9 Å². The number of hydrogen-bond donors (Lipinski definition) is 1. The van der Waals surface area contributed by atoms with Crippen molar-refractivity contribution < 1.29 is 13.9 Å². The fourth-order valence-corrected chi connectivity index (χ4v) is 3.73. The normalized spacial score (nSPS) is 14.1. The molecule has 0 unspecified atom stereocenters. The summed E-state index contributed by atoms with van der Waals surface area (Å²) in [6.07, 6.45) is 3.79. The molecule has 1 aromatic carbocycles. The molecule has 5 nitrogen and oxygen atoms in total. The topological polar surface area (TPSA) is 72.3 Å². The second kappa shape index (κ2) is 5.51. The van der Waals surface area contributed by atoms with Gasteiger partial charge in [0.05, 0.1) is 12.2 Å². The fourth-order valence-electron chi connectivity index (χ4n) is 3.73. The second-order valence-corrected chi connectivity index (χ2v) is 6.29. The Morgan fingerprint density at radius 2 is 1.96 bits per heavy atom. The molecule has 0 bridgehead atoms. The lowest BCUT2D eigenvalue weighted by atomic mass is 9.90. The van der Waals surface area contributed by atoms with Crippen molar-refractivity contribution in [2.24, 2.45) is 0 Å². The molecule has 4 rings (SSSR count). The molecule has 1 aliphatic rings. The maximum Gasteiger partial charge on any atom is 0.340 e. The van der Waals surface area contributed by atoms with Crippen LogP contribution in [0.5, 0.6) is 0 Å². The van der Waals surface area contributed by atoms with E-state index in [1.807, 2.05) is 13.0 Å². The zero-order valence-corrected chi connectivity index (χ0v) is 13.8. The van der Waals surface area contributed by atoms with Gasteiger partial charge in [-0.15, -0.1) is 0 Å². The van der Waals surface area contributed by atoms with Crippen molar-refractivity contribution in [2.75, 3.05) is 6.61 Å². The quantitative estimate of drug-likeness (QED) is 0.577. The molecule has 0 fully saturated rings. The van der Waals surface area contributed by atoms with Crippen LogP contribution >= 0.6 is 0 Å². The van der Waals surface area contributed by atoms with Crippen molar-refractivity contribution in [1.29, 1.82) is 0 Å². The van der Waals surface area contributed by atoms with Gasteiger partial charge >= 0.3 is 11.6 Å². The monoisotopic (exact) mass is 325 g/mol. The molecule has 0 radical (unpaired) electrons. The summed E-state index contributed by atoms with van der Waals surface area (Å²) in [5, 5.41) is 1.70. The highest BCUT2D eigenvalue weighted by atomic mass is 16.5. The molecule has 0 atom stereocenters. The Kier molecular flexibility index (Phi) is 3.44. The number of carbonyl (C=O) groups excluding carboxylic acids is 1. The van der Waals surface area contributed by atoms with E-state index in [-0.39, 0.29) is 11.6 Å². The average molecular weight is 325 g/mol. The van der Waals surface area contributed by atoms with Gasteiger partial charge in [0.2, 0.25) is 0 Å². The first kappa shape index (κ1) is 15.0. The Balaban J connectivity index is 2.03. The SMILES string of the molecule is CCOC(=O)c1c(C)[nH]c2cc3c4c(c(=O)oc3cc12)CCCC4. The van der Waals surface area contributed by atoms with Crippen LogP contribution in [0.25, 0.3) is 21.9 Å². The summed E-state index contributed by atoms with van der Waals surface area (Å²) in [6.45, 7) is 3.95. The predicted octanol–water partition coefficient (Wildman–Crippen LogP) is 3.64. The van der Waals surface area contributed by atoms with Crippen LogP contribution in [0, 0.1) is 6.92 Å². The first-order chi connectivity index (χ1) is 11.6. The van der Waals surface area contributed by atoms with E-state index in [1.165, 1.54) is 0 Å². The Morgan fingerprint density at radius 1 is 1.21 bits per heavy atom. The van der Waals surface area contributed by atoms with Crippen LogP contribution in [-0.4, -0.2) is 17.6 Å². The van der Waals surface area contributed by atoms with E-state index >= 15 is 0 Å². The number of aryl methyl sites for hydroxylation is 2. The van der Waals surface area contributed by atoms with Crippen molar-refractivity contribution in [3.8, 4) is 0 Å². The van der Waals surface area contributed by atoms with Gasteiger partial charge in [0.1, 0.15) is 5.58 Å². The van der Waals surface area contributed by atoms with Gasteiger partial charge in [0.15, 0.2) is 0 Å². The van der Waals surface area contributed by atoms with Gasteiger partial charge in [-0.2, -0.15) is 0 Å². The molecule has 24 heavy (non-hydrogen) atoms. The maximum atomic E-state index is 12.3. The molecular formula is C19H19NO4. The number of benzene rings is 1. The third-order valence-corrected chi connectivity index (χ3v) is 4.81. The van der Waals surface area contributed by atoms with E-state index in [0.717, 1.165) is 58.8 Å². The molecule has 0 amide bonds. The van der Waals surface area contributed by atoms with Crippen LogP contribution in [0.15, 0.2) is 21.3 Å². The van der Waals surface area contributed by atoms with Crippen LogP contribution < -0.4 is 5.63 Å². The lowest BCUT2D eigenvalue weighted by molar-refractivity contribution is 0.0528. The number of aromatic amines is 1. The number of esters is 1. The zero-order chi connectivity index (χ0) is 16.8. The molecule has 0 saturated carbocycles. The molecule has 2 aromatic heterocycles. The largest absolute Gasteiger partial charge is 0.462 e. The van der Waals surface area contributed by atoms with Crippen LogP contribution in [0.4, 0.5) is 0 Å². The summed E-state index contributed by atoms with van der Waals surface area (Å²) in [7, 11) is 0. The highest BCUT2D eigenvalue weighted by Gasteiger charge is 2.22. The number of fused-ring (bicyclic) bond motifs is 4. The van der Waals surface area contributed by atoms with E-state index in [0.29, 0.717) is 17.8 Å². The highest BCUT2D eigenvalue weighted by Crippen LogP contribution is 2.32. The van der Waals surface area contributed by atoms with E-state index in [2.05, 4.69) is 4.98 Å². The Labute approximate surface area is 138 Å². The van der Waals surface area contributed by atoms with E-state index < -0.39 is 0 Å². The van der Waals surface area contributed by atoms with E-state index in [1.54, 1.807) is 13.0 Å². The first-order valence-electron chi connectivity index (χ1n) is 8.38. The lowest BCUT2D eigenvalue weighted by Crippen LogP contribution is -2.15. The first-order valence-corrected chi connectivity index (χ1v) is 8.38. The Morgan fingerprint density at radius 3 is 2.71 bits per heavy atom. The van der Waals surface area contributed by atoms with Gasteiger partial charge in [-0.3, -0.25) is 0 Å². The summed E-state index contributed by atoms with van der Waals surface area (Å²) in [4.78, 5) is 27.8. The van der Waals surface area contributed by atoms with Crippen LogP contribution in [-0.2, 0) is 17.6 Å². The van der Waals surface area contributed by atoms with Crippen molar-refractivity contribution in [1.82, 2.24) is 4.98 Å². The summed E-state index contributed by atoms with van der Waals surface area (Å²) in [6, 6.07) is 3.78. The number of aromatic nitrogens is 1. The molecule has 0 spiro atoms. The standard InChI is InChI=1S/C19H19NO4/c1-3-23-19(22)17-10(2)20-15-8-13-11-6-4-5-7-12(11)18(21)24-16(13)9-14(15)17/h8-9,20H,3-7H2,1-2H3. The molecular weight excluding hydrogens is 306 g/mol. The van der Waals surface area contributed by atoms with Crippen molar-refractivity contribution >= 4 is 27.8 Å². The summed E-state index contributed by atoms with van der Waals surface area (Å²) in [5.74, 6) is -0.360. The predicted molar refractivity (Wildman–Crippen MR) is 91.7 cm³/mol. The molecule has 1 N–H and O–H groups in total. The van der Waals surface area contributed by atoms with Gasteiger partial charge in [0, 0.05) is 27.5 Å². The van der Waals surface area contributed by atoms with Gasteiger partial charge in [-0.1, -0.05) is 0 Å². The van der Waals surface area contributed by atoms with Crippen molar-refractivity contribution in [3.63, 3.8) is 0 Å². The molecule has 0 saturated heterocycles. The minimum Gasteiger partial charge on any atom is -0.462 e. The second-order valence-electron chi connectivity index (χ2n) is 6.29. The minimum atomic E-state index is -0.360. The third kappa shape index (κ3) is 2.15. The van der Waals surface area contributed by atoms with Gasteiger partial charge in [-0.25, -0.2) is 9.59 Å². The van der Waals surface area contributed by atoms with E-state index in [9.17, 15) is 9.59 Å².